The minimum atomic E-state index is -0.0755. The summed E-state index contributed by atoms with van der Waals surface area (Å²) in [5.74, 6) is 1.70. The Bertz CT molecular complexity index is 894. The Balaban J connectivity index is 1.78. The number of benzene rings is 2. The summed E-state index contributed by atoms with van der Waals surface area (Å²) in [5, 5.41) is 1.78. The molecule has 0 heterocycles. The first-order chi connectivity index (χ1) is 16.9. The molecular weight excluding hydrogens is 439 g/mol. The van der Waals surface area contributed by atoms with Crippen LogP contribution in [-0.4, -0.2) is 11.3 Å². The van der Waals surface area contributed by atoms with E-state index in [1.54, 1.807) is 27.6 Å². The van der Waals surface area contributed by atoms with E-state index in [0.29, 0.717) is 17.8 Å². The standard InChI is InChI=1S/C34H51P/c1-24(2)28-22-31(25(3)4)33(32(23-28)26(5)6)21-27-15-13-14-20-34(27)35(29-16-9-7-10-17-29)30-18-11-8-12-19-30/h13-15,20,22-26,29-30H,7-12,16-19,21H2,1-6H3. The number of hydrogen-bond acceptors (Lipinski definition) is 0. The Morgan fingerprint density at radius 3 is 1.60 bits per heavy atom. The Morgan fingerprint density at radius 1 is 0.657 bits per heavy atom. The normalized spacial score (nSPS) is 18.3. The molecule has 2 saturated carbocycles. The van der Waals surface area contributed by atoms with E-state index in [-0.39, 0.29) is 7.92 Å². The highest BCUT2D eigenvalue weighted by Crippen LogP contribution is 2.55. The van der Waals surface area contributed by atoms with Crippen LogP contribution in [0.15, 0.2) is 36.4 Å². The molecule has 1 heteroatoms. The van der Waals surface area contributed by atoms with Crippen LogP contribution in [0.1, 0.15) is 151 Å². The zero-order valence-electron chi connectivity index (χ0n) is 23.6. The minimum Gasteiger partial charge on any atom is -0.0686 e. The van der Waals surface area contributed by atoms with Crippen LogP contribution in [0.25, 0.3) is 0 Å². The maximum Gasteiger partial charge on any atom is -0.00138 e. The molecule has 0 spiro atoms. The number of rotatable bonds is 8. The largest absolute Gasteiger partial charge is 0.0686 e. The van der Waals surface area contributed by atoms with Crippen molar-refractivity contribution in [2.75, 3.05) is 0 Å². The third kappa shape index (κ3) is 6.42. The van der Waals surface area contributed by atoms with Crippen LogP contribution in [0.2, 0.25) is 0 Å². The van der Waals surface area contributed by atoms with Crippen molar-refractivity contribution in [3.05, 3.63) is 64.2 Å². The molecule has 0 nitrogen and oxygen atoms in total. The third-order valence-electron chi connectivity index (χ3n) is 8.83. The Labute approximate surface area is 218 Å². The molecule has 0 saturated heterocycles. The molecule has 0 amide bonds. The van der Waals surface area contributed by atoms with Gasteiger partial charge in [0.15, 0.2) is 0 Å². The lowest BCUT2D eigenvalue weighted by atomic mass is 9.82. The zero-order chi connectivity index (χ0) is 24.9. The molecule has 35 heavy (non-hydrogen) atoms. The van der Waals surface area contributed by atoms with E-state index in [4.69, 9.17) is 0 Å². The van der Waals surface area contributed by atoms with Crippen LogP contribution >= 0.6 is 7.92 Å². The van der Waals surface area contributed by atoms with Gasteiger partial charge in [-0.2, -0.15) is 0 Å². The second-order valence-electron chi connectivity index (χ2n) is 12.4. The molecule has 2 aliphatic rings. The van der Waals surface area contributed by atoms with Crippen molar-refractivity contribution in [3.8, 4) is 0 Å². The van der Waals surface area contributed by atoms with Crippen molar-refractivity contribution in [2.24, 2.45) is 0 Å². The molecule has 192 valence electrons. The summed E-state index contributed by atoms with van der Waals surface area (Å²) in [7, 11) is -0.0755. The van der Waals surface area contributed by atoms with Gasteiger partial charge < -0.3 is 0 Å². The molecule has 0 atom stereocenters. The predicted molar refractivity (Wildman–Crippen MR) is 158 cm³/mol. The maximum absolute atomic E-state index is 2.57. The molecule has 0 unspecified atom stereocenters. The van der Waals surface area contributed by atoms with Crippen LogP contribution in [0.4, 0.5) is 0 Å². The molecule has 4 rings (SSSR count). The van der Waals surface area contributed by atoms with E-state index in [1.807, 2.05) is 0 Å². The first-order valence-electron chi connectivity index (χ1n) is 14.9. The van der Waals surface area contributed by atoms with Gasteiger partial charge in [-0.25, -0.2) is 0 Å². The third-order valence-corrected chi connectivity index (χ3v) is 12.4. The second-order valence-corrected chi connectivity index (χ2v) is 15.2. The van der Waals surface area contributed by atoms with Crippen molar-refractivity contribution in [1.82, 2.24) is 0 Å². The van der Waals surface area contributed by atoms with Crippen LogP contribution in [0.3, 0.4) is 0 Å². The first kappa shape index (κ1) is 26.9. The van der Waals surface area contributed by atoms with Gasteiger partial charge in [0.25, 0.3) is 0 Å². The average Bonchev–Trinajstić information content (AvgIpc) is 2.86. The molecule has 0 aromatic heterocycles. The molecule has 2 fully saturated rings. The van der Waals surface area contributed by atoms with Gasteiger partial charge in [-0.1, -0.05) is 124 Å². The van der Waals surface area contributed by atoms with Gasteiger partial charge in [-0.05, 0) is 94.3 Å². The summed E-state index contributed by atoms with van der Waals surface area (Å²) in [6.07, 6.45) is 15.8. The summed E-state index contributed by atoms with van der Waals surface area (Å²) >= 11 is 0. The van der Waals surface area contributed by atoms with Gasteiger partial charge in [0.2, 0.25) is 0 Å². The quantitative estimate of drug-likeness (QED) is 0.323. The summed E-state index contributed by atoms with van der Waals surface area (Å²) in [6, 6.07) is 14.8. The monoisotopic (exact) mass is 490 g/mol. The highest BCUT2D eigenvalue weighted by molar-refractivity contribution is 7.67. The van der Waals surface area contributed by atoms with Gasteiger partial charge >= 0.3 is 0 Å². The fourth-order valence-corrected chi connectivity index (χ4v) is 10.8. The molecule has 0 bridgehead atoms. The Hall–Kier alpha value is -1.13. The number of hydrogen-bond donors (Lipinski definition) is 0. The highest BCUT2D eigenvalue weighted by Gasteiger charge is 2.33. The topological polar surface area (TPSA) is 0 Å². The van der Waals surface area contributed by atoms with Crippen LogP contribution in [0, 0.1) is 0 Å². The van der Waals surface area contributed by atoms with Gasteiger partial charge in [0.1, 0.15) is 0 Å². The average molecular weight is 491 g/mol. The van der Waals surface area contributed by atoms with Gasteiger partial charge in [0, 0.05) is 0 Å². The zero-order valence-corrected chi connectivity index (χ0v) is 24.5. The SMILES string of the molecule is CC(C)c1cc(C(C)C)c(Cc2ccccc2P(C2CCCCC2)C2CCCCC2)c(C(C)C)c1. The van der Waals surface area contributed by atoms with E-state index in [2.05, 4.69) is 77.9 Å². The summed E-state index contributed by atoms with van der Waals surface area (Å²) < 4.78 is 0. The lowest BCUT2D eigenvalue weighted by molar-refractivity contribution is 0.487. The molecule has 2 aromatic carbocycles. The van der Waals surface area contributed by atoms with Crippen LogP contribution in [0.5, 0.6) is 0 Å². The van der Waals surface area contributed by atoms with Gasteiger partial charge in [-0.3, -0.25) is 0 Å². The summed E-state index contributed by atoms with van der Waals surface area (Å²) in [6.45, 7) is 14.3. The molecule has 2 aliphatic carbocycles. The summed E-state index contributed by atoms with van der Waals surface area (Å²) in [5.41, 5.74) is 9.90. The van der Waals surface area contributed by atoms with Crippen molar-refractivity contribution in [2.45, 2.75) is 141 Å². The fourth-order valence-electron chi connectivity index (χ4n) is 6.82. The smallest absolute Gasteiger partial charge is 0.00138 e. The Morgan fingerprint density at radius 2 is 1.14 bits per heavy atom. The van der Waals surface area contributed by atoms with Crippen molar-refractivity contribution in [3.63, 3.8) is 0 Å². The van der Waals surface area contributed by atoms with Crippen molar-refractivity contribution < 1.29 is 0 Å². The first-order valence-corrected chi connectivity index (χ1v) is 16.4. The minimum absolute atomic E-state index is 0.0755. The lowest BCUT2D eigenvalue weighted by Crippen LogP contribution is -2.28. The molecule has 0 radical (unpaired) electrons. The van der Waals surface area contributed by atoms with Crippen LogP contribution < -0.4 is 5.30 Å². The molecule has 0 aliphatic heterocycles. The van der Waals surface area contributed by atoms with E-state index >= 15 is 0 Å². The van der Waals surface area contributed by atoms with Gasteiger partial charge in [0.05, 0.1) is 0 Å². The van der Waals surface area contributed by atoms with Crippen LogP contribution in [-0.2, 0) is 6.42 Å². The van der Waals surface area contributed by atoms with E-state index in [0.717, 1.165) is 17.7 Å². The van der Waals surface area contributed by atoms with Crippen molar-refractivity contribution in [1.29, 1.82) is 0 Å². The fraction of sp³-hybridized carbons (Fsp3) is 0.647. The van der Waals surface area contributed by atoms with Gasteiger partial charge in [-0.15, -0.1) is 0 Å². The van der Waals surface area contributed by atoms with Crippen molar-refractivity contribution >= 4 is 13.2 Å². The molecule has 2 aromatic rings. The summed E-state index contributed by atoms with van der Waals surface area (Å²) in [4.78, 5) is 0. The molecular formula is C34H51P. The predicted octanol–water partition coefficient (Wildman–Crippen LogP) is 10.4. The molecule has 0 N–H and O–H groups in total. The Kier molecular flexibility index (Phi) is 9.54. The highest BCUT2D eigenvalue weighted by atomic mass is 31.1. The lowest BCUT2D eigenvalue weighted by Gasteiger charge is -2.39. The van der Waals surface area contributed by atoms with E-state index in [9.17, 15) is 0 Å². The maximum atomic E-state index is 2.57. The van der Waals surface area contributed by atoms with E-state index in [1.165, 1.54) is 69.8 Å². The van der Waals surface area contributed by atoms with E-state index < -0.39 is 0 Å². The second kappa shape index (κ2) is 12.4.